The van der Waals surface area contributed by atoms with Crippen LogP contribution in [0.2, 0.25) is 0 Å². The molecule has 0 saturated heterocycles. The normalized spacial score (nSPS) is 9.40. The molecule has 0 aliphatic carbocycles. The van der Waals surface area contributed by atoms with Crippen LogP contribution in [0.15, 0.2) is 42.5 Å². The largest absolute Gasteiger partial charge is 0.426 e. The van der Waals surface area contributed by atoms with E-state index in [0.717, 1.165) is 10.8 Å². The van der Waals surface area contributed by atoms with Crippen molar-refractivity contribution >= 4 is 16.7 Å². The van der Waals surface area contributed by atoms with Crippen LogP contribution in [0.5, 0.6) is 5.75 Å². The van der Waals surface area contributed by atoms with Gasteiger partial charge in [0.15, 0.2) is 0 Å². The standard InChI is InChI=1S/C12H10O2.Co/c1-9(13)14-12-8-4-6-10-5-2-3-7-11(10)12;/h2-8H,1H3;. The van der Waals surface area contributed by atoms with E-state index in [1.54, 1.807) is 6.07 Å². The number of fused-ring (bicyclic) bond motifs is 1. The Morgan fingerprint density at radius 2 is 1.73 bits per heavy atom. The van der Waals surface area contributed by atoms with Crippen LogP contribution in [0, 0.1) is 0 Å². The third-order valence-corrected chi connectivity index (χ3v) is 2.00. The fraction of sp³-hybridized carbons (Fsp3) is 0.0833. The van der Waals surface area contributed by atoms with Crippen molar-refractivity contribution in [1.82, 2.24) is 0 Å². The molecule has 0 unspecified atom stereocenters. The van der Waals surface area contributed by atoms with Crippen molar-refractivity contribution < 1.29 is 26.3 Å². The quantitative estimate of drug-likeness (QED) is 0.570. The molecule has 0 aliphatic heterocycles. The first-order valence-electron chi connectivity index (χ1n) is 4.43. The van der Waals surface area contributed by atoms with Crippen LogP contribution in [0.4, 0.5) is 0 Å². The van der Waals surface area contributed by atoms with Crippen molar-refractivity contribution in [2.24, 2.45) is 0 Å². The van der Waals surface area contributed by atoms with E-state index in [2.05, 4.69) is 0 Å². The van der Waals surface area contributed by atoms with Crippen LogP contribution in [0.1, 0.15) is 6.92 Å². The fourth-order valence-corrected chi connectivity index (χ4v) is 1.44. The molecule has 0 aliphatic rings. The molecule has 0 N–H and O–H groups in total. The molecule has 0 bridgehead atoms. The van der Waals surface area contributed by atoms with Crippen molar-refractivity contribution in [1.29, 1.82) is 0 Å². The molecule has 0 heterocycles. The van der Waals surface area contributed by atoms with Gasteiger partial charge in [0.1, 0.15) is 5.75 Å². The summed E-state index contributed by atoms with van der Waals surface area (Å²) >= 11 is 0. The van der Waals surface area contributed by atoms with Crippen molar-refractivity contribution in [3.63, 3.8) is 0 Å². The third-order valence-electron chi connectivity index (χ3n) is 2.00. The third kappa shape index (κ3) is 2.58. The minimum atomic E-state index is -0.290. The fourth-order valence-electron chi connectivity index (χ4n) is 1.44. The van der Waals surface area contributed by atoms with Gasteiger partial charge in [-0.05, 0) is 11.5 Å². The van der Waals surface area contributed by atoms with Gasteiger partial charge in [0, 0.05) is 29.1 Å². The first kappa shape index (κ1) is 11.7. The van der Waals surface area contributed by atoms with Gasteiger partial charge in [0.05, 0.1) is 0 Å². The molecule has 3 heteroatoms. The molecule has 0 atom stereocenters. The molecule has 2 rings (SSSR count). The Labute approximate surface area is 98.4 Å². The number of carbonyl (C=O) groups is 1. The van der Waals surface area contributed by atoms with Crippen LogP contribution in [0.25, 0.3) is 10.8 Å². The summed E-state index contributed by atoms with van der Waals surface area (Å²) in [6.07, 6.45) is 0. The Morgan fingerprint density at radius 3 is 2.47 bits per heavy atom. The van der Waals surface area contributed by atoms with Crippen LogP contribution in [-0.4, -0.2) is 5.97 Å². The summed E-state index contributed by atoms with van der Waals surface area (Å²) in [6, 6.07) is 13.5. The monoisotopic (exact) mass is 245 g/mol. The van der Waals surface area contributed by atoms with Gasteiger partial charge >= 0.3 is 5.97 Å². The van der Waals surface area contributed by atoms with Crippen LogP contribution < -0.4 is 4.74 Å². The van der Waals surface area contributed by atoms with Gasteiger partial charge in [0.25, 0.3) is 0 Å². The van der Waals surface area contributed by atoms with E-state index in [0.29, 0.717) is 5.75 Å². The van der Waals surface area contributed by atoms with E-state index < -0.39 is 0 Å². The minimum absolute atomic E-state index is 0. The molecule has 0 spiro atoms. The Morgan fingerprint density at radius 1 is 1.07 bits per heavy atom. The SMILES string of the molecule is CC(=O)Oc1cccc2ccccc12.[Co]. The first-order chi connectivity index (χ1) is 6.77. The number of ether oxygens (including phenoxy) is 1. The molecule has 0 aromatic heterocycles. The number of esters is 1. The van der Waals surface area contributed by atoms with Gasteiger partial charge < -0.3 is 4.74 Å². The van der Waals surface area contributed by atoms with Crippen LogP contribution in [0.3, 0.4) is 0 Å². The second-order valence-electron chi connectivity index (χ2n) is 3.07. The summed E-state index contributed by atoms with van der Waals surface area (Å²) in [4.78, 5) is 10.8. The van der Waals surface area contributed by atoms with E-state index in [9.17, 15) is 4.79 Å². The smallest absolute Gasteiger partial charge is 0.308 e. The molecule has 79 valence electrons. The maximum Gasteiger partial charge on any atom is 0.308 e. The molecule has 0 fully saturated rings. The summed E-state index contributed by atoms with van der Waals surface area (Å²) in [7, 11) is 0. The number of hydrogen-bond donors (Lipinski definition) is 0. The Bertz CT molecular complexity index is 475. The zero-order valence-electron chi connectivity index (χ0n) is 8.19. The predicted octanol–water partition coefficient (Wildman–Crippen LogP) is 2.76. The zero-order chi connectivity index (χ0) is 9.97. The minimum Gasteiger partial charge on any atom is -0.426 e. The molecule has 0 amide bonds. The second kappa shape index (κ2) is 4.95. The average molecular weight is 245 g/mol. The molecule has 2 nitrogen and oxygen atoms in total. The van der Waals surface area contributed by atoms with E-state index in [1.807, 2.05) is 36.4 Å². The van der Waals surface area contributed by atoms with Crippen LogP contribution >= 0.6 is 0 Å². The second-order valence-corrected chi connectivity index (χ2v) is 3.07. The summed E-state index contributed by atoms with van der Waals surface area (Å²) < 4.78 is 5.09. The van der Waals surface area contributed by atoms with E-state index >= 15 is 0 Å². The average Bonchev–Trinajstić information content (AvgIpc) is 2.18. The zero-order valence-corrected chi connectivity index (χ0v) is 9.23. The number of benzene rings is 2. The Hall–Kier alpha value is -1.32. The first-order valence-corrected chi connectivity index (χ1v) is 4.43. The maximum atomic E-state index is 10.8. The Kier molecular flexibility index (Phi) is 3.88. The topological polar surface area (TPSA) is 26.3 Å². The van der Waals surface area contributed by atoms with Gasteiger partial charge in [-0.3, -0.25) is 4.79 Å². The van der Waals surface area contributed by atoms with E-state index in [4.69, 9.17) is 4.74 Å². The molecular weight excluding hydrogens is 235 g/mol. The summed E-state index contributed by atoms with van der Waals surface area (Å²) in [5.41, 5.74) is 0. The summed E-state index contributed by atoms with van der Waals surface area (Å²) in [5, 5.41) is 2.04. The molecular formula is C12H10CoO2. The molecule has 2 aromatic carbocycles. The number of carbonyl (C=O) groups excluding carboxylic acids is 1. The number of rotatable bonds is 1. The predicted molar refractivity (Wildman–Crippen MR) is 55.3 cm³/mol. The van der Waals surface area contributed by atoms with Gasteiger partial charge in [-0.2, -0.15) is 0 Å². The summed E-state index contributed by atoms with van der Waals surface area (Å²) in [6.45, 7) is 1.40. The van der Waals surface area contributed by atoms with Gasteiger partial charge in [-0.15, -0.1) is 0 Å². The van der Waals surface area contributed by atoms with Crippen molar-refractivity contribution in [2.75, 3.05) is 0 Å². The Balaban J connectivity index is 0.00000112. The maximum absolute atomic E-state index is 10.8. The van der Waals surface area contributed by atoms with Crippen molar-refractivity contribution in [3.05, 3.63) is 42.5 Å². The van der Waals surface area contributed by atoms with Crippen LogP contribution in [-0.2, 0) is 21.6 Å². The van der Waals surface area contributed by atoms with Gasteiger partial charge in [-0.1, -0.05) is 36.4 Å². The van der Waals surface area contributed by atoms with E-state index in [-0.39, 0.29) is 22.7 Å². The molecule has 0 saturated carbocycles. The molecule has 15 heavy (non-hydrogen) atoms. The van der Waals surface area contributed by atoms with Gasteiger partial charge in [-0.25, -0.2) is 0 Å². The van der Waals surface area contributed by atoms with Crippen molar-refractivity contribution in [2.45, 2.75) is 6.92 Å². The summed E-state index contributed by atoms with van der Waals surface area (Å²) in [5.74, 6) is 0.331. The molecule has 1 radical (unpaired) electrons. The van der Waals surface area contributed by atoms with E-state index in [1.165, 1.54) is 6.92 Å². The van der Waals surface area contributed by atoms with Gasteiger partial charge in [0.2, 0.25) is 0 Å². The van der Waals surface area contributed by atoms with Crippen molar-refractivity contribution in [3.8, 4) is 5.75 Å². The molecule has 2 aromatic rings. The number of hydrogen-bond acceptors (Lipinski definition) is 2.